The summed E-state index contributed by atoms with van der Waals surface area (Å²) in [6, 6.07) is 4.64. The molecular weight excluding hydrogens is 436 g/mol. The average molecular weight is 461 g/mol. The lowest BCUT2D eigenvalue weighted by Crippen LogP contribution is -2.24. The van der Waals surface area contributed by atoms with Crippen molar-refractivity contribution in [3.8, 4) is 0 Å². The lowest BCUT2D eigenvalue weighted by molar-refractivity contribution is -0.384. The van der Waals surface area contributed by atoms with Crippen molar-refractivity contribution in [3.05, 3.63) is 54.7 Å². The number of nitrogens with one attached hydrogen (secondary N) is 1. The van der Waals surface area contributed by atoms with Crippen molar-refractivity contribution in [2.24, 2.45) is 0 Å². The highest BCUT2D eigenvalue weighted by Crippen LogP contribution is 2.30. The van der Waals surface area contributed by atoms with Gasteiger partial charge in [0.25, 0.3) is 11.2 Å². The fourth-order valence-corrected chi connectivity index (χ4v) is 5.10. The van der Waals surface area contributed by atoms with E-state index in [1.807, 2.05) is 20.8 Å². The van der Waals surface area contributed by atoms with Crippen molar-refractivity contribution in [1.29, 1.82) is 0 Å². The Morgan fingerprint density at radius 2 is 2.06 bits per heavy atom. The normalized spacial score (nSPS) is 11.1. The first kappa shape index (κ1) is 23.0. The summed E-state index contributed by atoms with van der Waals surface area (Å²) < 4.78 is 1.64. The largest absolute Gasteiger partial charge is 0.319 e. The molecule has 1 N–H and O–H groups in total. The second-order valence-electron chi connectivity index (χ2n) is 7.23. The topological polar surface area (TPSA) is 107 Å². The monoisotopic (exact) mass is 460 g/mol. The van der Waals surface area contributed by atoms with Gasteiger partial charge in [-0.15, -0.1) is 11.3 Å². The van der Waals surface area contributed by atoms with Gasteiger partial charge in [-0.3, -0.25) is 24.3 Å². The van der Waals surface area contributed by atoms with Gasteiger partial charge in [0.1, 0.15) is 10.5 Å². The molecule has 0 fully saturated rings. The Hall–Kier alpha value is -2.72. The third-order valence-electron chi connectivity index (χ3n) is 5.03. The van der Waals surface area contributed by atoms with Crippen molar-refractivity contribution in [2.75, 3.05) is 11.1 Å². The Balaban J connectivity index is 1.87. The molecule has 0 saturated heterocycles. The van der Waals surface area contributed by atoms with Crippen LogP contribution in [0.25, 0.3) is 10.2 Å². The van der Waals surface area contributed by atoms with Crippen molar-refractivity contribution in [1.82, 2.24) is 9.55 Å². The number of nitrogens with zero attached hydrogens (tertiary/aromatic N) is 3. The number of anilines is 1. The molecule has 0 spiro atoms. The Morgan fingerprint density at radius 3 is 2.74 bits per heavy atom. The predicted octanol–water partition coefficient (Wildman–Crippen LogP) is 4.82. The number of carbonyl (C=O) groups excluding carboxylic acids is 1. The van der Waals surface area contributed by atoms with Crippen molar-refractivity contribution >= 4 is 50.6 Å². The molecule has 31 heavy (non-hydrogen) atoms. The standard InChI is InChI=1S/C21H24N4O4S2/c1-5-6-10-24-20(27)17-13(3)14(4)31-19(17)23-21(24)30-11-16(26)22-18-12(2)8-7-9-15(18)25(28)29/h7-9H,5-6,10-11H2,1-4H3,(H,22,26). The molecule has 10 heteroatoms. The number of fused-ring (bicyclic) bond motifs is 1. The molecule has 0 bridgehead atoms. The van der Waals surface area contributed by atoms with Gasteiger partial charge in [-0.25, -0.2) is 4.98 Å². The fourth-order valence-electron chi connectivity index (χ4n) is 3.20. The maximum Gasteiger partial charge on any atom is 0.293 e. The van der Waals surface area contributed by atoms with E-state index in [-0.39, 0.29) is 22.7 Å². The van der Waals surface area contributed by atoms with Gasteiger partial charge in [-0.05, 0) is 38.3 Å². The van der Waals surface area contributed by atoms with Crippen LogP contribution in [-0.2, 0) is 11.3 Å². The van der Waals surface area contributed by atoms with Crippen molar-refractivity contribution < 1.29 is 9.72 Å². The van der Waals surface area contributed by atoms with E-state index in [9.17, 15) is 19.7 Å². The molecule has 0 saturated carbocycles. The fraction of sp³-hybridized carbons (Fsp3) is 0.381. The number of carbonyl (C=O) groups is 1. The first-order chi connectivity index (χ1) is 14.7. The van der Waals surface area contributed by atoms with E-state index in [0.717, 1.165) is 23.3 Å². The lowest BCUT2D eigenvalue weighted by Gasteiger charge is -2.12. The zero-order chi connectivity index (χ0) is 22.7. The third kappa shape index (κ3) is 4.80. The maximum atomic E-state index is 13.1. The molecule has 164 valence electrons. The van der Waals surface area contributed by atoms with Crippen molar-refractivity contribution in [3.63, 3.8) is 0 Å². The average Bonchev–Trinajstić information content (AvgIpc) is 3.01. The minimum absolute atomic E-state index is 0.0150. The number of aryl methyl sites for hydroxylation is 3. The summed E-state index contributed by atoms with van der Waals surface area (Å²) >= 11 is 2.64. The maximum absolute atomic E-state index is 13.1. The van der Waals surface area contributed by atoms with E-state index < -0.39 is 10.8 Å². The highest BCUT2D eigenvalue weighted by molar-refractivity contribution is 7.99. The SMILES string of the molecule is CCCCn1c(SCC(=O)Nc2c(C)cccc2[N+](=O)[O-])nc2sc(C)c(C)c2c1=O. The summed E-state index contributed by atoms with van der Waals surface area (Å²) in [5, 5.41) is 15.0. The van der Waals surface area contributed by atoms with E-state index in [2.05, 4.69) is 10.3 Å². The van der Waals surface area contributed by atoms with Crippen LogP contribution in [0, 0.1) is 30.9 Å². The molecule has 8 nitrogen and oxygen atoms in total. The van der Waals surface area contributed by atoms with Crippen LogP contribution >= 0.6 is 23.1 Å². The van der Waals surface area contributed by atoms with E-state index >= 15 is 0 Å². The minimum Gasteiger partial charge on any atom is -0.319 e. The number of benzene rings is 1. The molecule has 1 aromatic carbocycles. The molecule has 0 aliphatic rings. The van der Waals surface area contributed by atoms with E-state index in [1.54, 1.807) is 23.6 Å². The molecule has 0 atom stereocenters. The van der Waals surface area contributed by atoms with Gasteiger partial charge in [0, 0.05) is 17.5 Å². The van der Waals surface area contributed by atoms with Crippen LogP contribution < -0.4 is 10.9 Å². The van der Waals surface area contributed by atoms with Gasteiger partial charge in [0.15, 0.2) is 5.16 Å². The van der Waals surface area contributed by atoms with Crippen molar-refractivity contribution in [2.45, 2.75) is 52.2 Å². The number of hydrogen-bond donors (Lipinski definition) is 1. The number of unbranched alkanes of at least 4 members (excludes halogenated alkanes) is 1. The Labute approximate surface area is 187 Å². The number of hydrogen-bond acceptors (Lipinski definition) is 7. The summed E-state index contributed by atoms with van der Waals surface area (Å²) in [5.41, 5.74) is 1.51. The van der Waals surface area contributed by atoms with Crippen LogP contribution in [0.3, 0.4) is 0 Å². The van der Waals surface area contributed by atoms with Crippen LogP contribution in [0.2, 0.25) is 0 Å². The summed E-state index contributed by atoms with van der Waals surface area (Å²) in [7, 11) is 0. The molecule has 0 unspecified atom stereocenters. The zero-order valence-corrected chi connectivity index (χ0v) is 19.5. The van der Waals surface area contributed by atoms with Crippen LogP contribution in [0.5, 0.6) is 0 Å². The van der Waals surface area contributed by atoms with Gasteiger partial charge in [-0.2, -0.15) is 0 Å². The molecule has 3 rings (SSSR count). The summed E-state index contributed by atoms with van der Waals surface area (Å²) in [6.07, 6.45) is 1.75. The highest BCUT2D eigenvalue weighted by Gasteiger charge is 2.20. The summed E-state index contributed by atoms with van der Waals surface area (Å²) in [6.45, 7) is 8.17. The number of aromatic nitrogens is 2. The van der Waals surface area contributed by atoms with Gasteiger partial charge in [0.05, 0.1) is 16.1 Å². The second-order valence-corrected chi connectivity index (χ2v) is 9.38. The van der Waals surface area contributed by atoms with Crippen LogP contribution in [0.1, 0.15) is 35.8 Å². The van der Waals surface area contributed by atoms with Crippen LogP contribution in [0.4, 0.5) is 11.4 Å². The first-order valence-electron chi connectivity index (χ1n) is 9.91. The number of nitro benzene ring substituents is 1. The molecule has 2 aromatic heterocycles. The molecule has 0 radical (unpaired) electrons. The second kappa shape index (κ2) is 9.61. The Kier molecular flexibility index (Phi) is 7.11. The van der Waals surface area contributed by atoms with Crippen LogP contribution in [-0.4, -0.2) is 26.1 Å². The Bertz CT molecular complexity index is 1220. The number of thiophene rings is 1. The molecule has 0 aliphatic heterocycles. The van der Waals surface area contributed by atoms with Crippen LogP contribution in [0.15, 0.2) is 28.2 Å². The predicted molar refractivity (Wildman–Crippen MR) is 125 cm³/mol. The minimum atomic E-state index is -0.519. The van der Waals surface area contributed by atoms with E-state index in [4.69, 9.17) is 0 Å². The third-order valence-corrected chi connectivity index (χ3v) is 7.11. The molecule has 2 heterocycles. The molecule has 3 aromatic rings. The lowest BCUT2D eigenvalue weighted by atomic mass is 10.1. The summed E-state index contributed by atoms with van der Waals surface area (Å²) in [5.74, 6) is -0.406. The van der Waals surface area contributed by atoms with E-state index in [1.165, 1.54) is 29.2 Å². The van der Waals surface area contributed by atoms with E-state index in [0.29, 0.717) is 27.5 Å². The molecule has 1 amide bonds. The Morgan fingerprint density at radius 1 is 1.32 bits per heavy atom. The zero-order valence-electron chi connectivity index (χ0n) is 17.9. The van der Waals surface area contributed by atoms with Gasteiger partial charge >= 0.3 is 0 Å². The number of nitro groups is 1. The smallest absolute Gasteiger partial charge is 0.293 e. The van der Waals surface area contributed by atoms with Gasteiger partial charge in [-0.1, -0.05) is 37.2 Å². The number of rotatable bonds is 8. The van der Waals surface area contributed by atoms with Gasteiger partial charge in [0.2, 0.25) is 5.91 Å². The highest BCUT2D eigenvalue weighted by atomic mass is 32.2. The van der Waals surface area contributed by atoms with Gasteiger partial charge < -0.3 is 5.32 Å². The summed E-state index contributed by atoms with van der Waals surface area (Å²) in [4.78, 5) is 42.9. The molecule has 0 aliphatic carbocycles. The first-order valence-corrected chi connectivity index (χ1v) is 11.7. The number of thioether (sulfide) groups is 1. The molecular formula is C21H24N4O4S2. The number of para-hydroxylation sites is 1. The number of amides is 1. The quantitative estimate of drug-likeness (QED) is 0.223.